The van der Waals surface area contributed by atoms with Crippen LogP contribution in [0, 0.1) is 20.8 Å². The van der Waals surface area contributed by atoms with Gasteiger partial charge in [0.1, 0.15) is 11.3 Å². The minimum atomic E-state index is -1.10. The third kappa shape index (κ3) is 5.23. The first-order valence-corrected chi connectivity index (χ1v) is 10.8. The van der Waals surface area contributed by atoms with Crippen molar-refractivity contribution in [1.82, 2.24) is 0 Å². The van der Waals surface area contributed by atoms with Crippen LogP contribution in [0.1, 0.15) is 38.7 Å². The van der Waals surface area contributed by atoms with Gasteiger partial charge in [0, 0.05) is 28.6 Å². The van der Waals surface area contributed by atoms with Crippen molar-refractivity contribution in [3.63, 3.8) is 0 Å². The molecule has 0 aliphatic heterocycles. The van der Waals surface area contributed by atoms with Gasteiger partial charge in [-0.05, 0) is 38.5 Å². The van der Waals surface area contributed by atoms with Crippen LogP contribution in [-0.4, -0.2) is 18.4 Å². The second kappa shape index (κ2) is 9.75. The number of Topliss-reactive ketones (excluding diaryl/α,β-unsaturated/α-hetero) is 1. The van der Waals surface area contributed by atoms with Gasteiger partial charge < -0.3 is 13.9 Å². The second-order valence-electron chi connectivity index (χ2n) is 8.21. The second-order valence-corrected chi connectivity index (χ2v) is 8.21. The first kappa shape index (κ1) is 23.0. The van der Waals surface area contributed by atoms with Crippen LogP contribution in [-0.2, 0) is 9.53 Å². The lowest BCUT2D eigenvalue weighted by Gasteiger charge is -2.18. The van der Waals surface area contributed by atoms with Crippen LogP contribution in [0.25, 0.3) is 11.0 Å². The van der Waals surface area contributed by atoms with Crippen molar-refractivity contribution < 1.29 is 23.5 Å². The van der Waals surface area contributed by atoms with E-state index in [1.165, 1.54) is 6.07 Å². The molecule has 0 unspecified atom stereocenters. The predicted octanol–water partition coefficient (Wildman–Crippen LogP) is 5.26. The highest BCUT2D eigenvalue weighted by molar-refractivity contribution is 6.01. The molecule has 0 saturated heterocycles. The number of benzene rings is 3. The monoisotopic (exact) mass is 456 g/mol. The van der Waals surface area contributed by atoms with Crippen LogP contribution in [0.3, 0.4) is 0 Å². The van der Waals surface area contributed by atoms with E-state index >= 15 is 0 Å². The van der Waals surface area contributed by atoms with Gasteiger partial charge in [-0.2, -0.15) is 0 Å². The Labute approximate surface area is 196 Å². The molecule has 0 aliphatic rings. The number of esters is 1. The number of carbonyl (C=O) groups excluding carboxylic acids is 2. The summed E-state index contributed by atoms with van der Waals surface area (Å²) < 4.78 is 16.4. The van der Waals surface area contributed by atoms with Gasteiger partial charge >= 0.3 is 11.6 Å². The van der Waals surface area contributed by atoms with Crippen molar-refractivity contribution >= 4 is 22.7 Å². The molecule has 6 heteroatoms. The molecule has 0 N–H and O–H groups in total. The zero-order chi connectivity index (χ0) is 24.2. The smallest absolute Gasteiger partial charge is 0.345 e. The fraction of sp³-hybridized carbons (Fsp3) is 0.179. The molecule has 1 aromatic heterocycles. The number of hydrogen-bond donors (Lipinski definition) is 0. The van der Waals surface area contributed by atoms with Crippen LogP contribution in [0.15, 0.2) is 82.0 Å². The van der Waals surface area contributed by atoms with E-state index in [2.05, 4.69) is 0 Å². The molecular weight excluding hydrogens is 432 g/mol. The molecule has 1 atom stereocenters. The Balaban J connectivity index is 1.51. The van der Waals surface area contributed by atoms with E-state index in [1.54, 1.807) is 42.5 Å². The highest BCUT2D eigenvalue weighted by Crippen LogP contribution is 2.25. The number of hydrogen-bond acceptors (Lipinski definition) is 6. The summed E-state index contributed by atoms with van der Waals surface area (Å²) >= 11 is 0. The molecule has 0 fully saturated rings. The Kier molecular flexibility index (Phi) is 6.59. The van der Waals surface area contributed by atoms with Gasteiger partial charge in [0.2, 0.25) is 5.78 Å². The molecule has 0 spiro atoms. The number of ketones is 1. The van der Waals surface area contributed by atoms with Crippen molar-refractivity contribution in [3.8, 4) is 5.75 Å². The van der Waals surface area contributed by atoms with E-state index in [-0.39, 0.29) is 5.78 Å². The van der Waals surface area contributed by atoms with Crippen LogP contribution >= 0.6 is 0 Å². The average molecular weight is 456 g/mol. The van der Waals surface area contributed by atoms with Crippen LogP contribution in [0.5, 0.6) is 5.75 Å². The lowest BCUT2D eigenvalue weighted by Crippen LogP contribution is -2.23. The van der Waals surface area contributed by atoms with Crippen molar-refractivity contribution in [2.24, 2.45) is 0 Å². The standard InChI is InChI=1S/C28H24O6/c1-17-4-8-20(9-5-17)27(31)28(21-10-6-18(2)7-11-21)34-26(30)16-32-22-12-13-23-19(3)14-25(29)33-24(23)15-22/h4-15,28H,16H2,1-3H3/t28-/m0/s1. The summed E-state index contributed by atoms with van der Waals surface area (Å²) in [4.78, 5) is 37.5. The van der Waals surface area contributed by atoms with Gasteiger partial charge in [-0.1, -0.05) is 59.7 Å². The number of fused-ring (bicyclic) bond motifs is 1. The van der Waals surface area contributed by atoms with E-state index in [9.17, 15) is 14.4 Å². The number of carbonyl (C=O) groups is 2. The van der Waals surface area contributed by atoms with E-state index in [4.69, 9.17) is 13.9 Å². The van der Waals surface area contributed by atoms with Crippen molar-refractivity contribution in [1.29, 1.82) is 0 Å². The Morgan fingerprint density at radius 3 is 2.18 bits per heavy atom. The number of aryl methyl sites for hydroxylation is 3. The predicted molar refractivity (Wildman–Crippen MR) is 128 cm³/mol. The maximum Gasteiger partial charge on any atom is 0.345 e. The molecule has 0 radical (unpaired) electrons. The van der Waals surface area contributed by atoms with E-state index in [0.29, 0.717) is 22.5 Å². The first-order chi connectivity index (χ1) is 16.3. The molecular formula is C28H24O6. The summed E-state index contributed by atoms with van der Waals surface area (Å²) in [5, 5.41) is 0.776. The van der Waals surface area contributed by atoms with Gasteiger partial charge in [-0.3, -0.25) is 4.79 Å². The Bertz CT molecular complexity index is 1400. The molecule has 4 rings (SSSR count). The quantitative estimate of drug-likeness (QED) is 0.214. The highest BCUT2D eigenvalue weighted by atomic mass is 16.6. The molecule has 1 heterocycles. The molecule has 172 valence electrons. The van der Waals surface area contributed by atoms with Gasteiger partial charge in [0.25, 0.3) is 0 Å². The van der Waals surface area contributed by atoms with Crippen molar-refractivity contribution in [2.75, 3.05) is 6.61 Å². The summed E-state index contributed by atoms with van der Waals surface area (Å²) in [5.74, 6) is -0.674. The summed E-state index contributed by atoms with van der Waals surface area (Å²) in [7, 11) is 0. The topological polar surface area (TPSA) is 82.8 Å². The molecule has 0 aliphatic carbocycles. The van der Waals surface area contributed by atoms with Crippen molar-refractivity contribution in [3.05, 3.63) is 111 Å². The maximum absolute atomic E-state index is 13.2. The lowest BCUT2D eigenvalue weighted by molar-refractivity contribution is -0.149. The number of ether oxygens (including phenoxy) is 2. The van der Waals surface area contributed by atoms with Gasteiger partial charge in [0.05, 0.1) is 0 Å². The maximum atomic E-state index is 13.2. The average Bonchev–Trinajstić information content (AvgIpc) is 2.81. The molecule has 6 nitrogen and oxygen atoms in total. The van der Waals surface area contributed by atoms with Gasteiger partial charge in [0.15, 0.2) is 12.7 Å². The summed E-state index contributed by atoms with van der Waals surface area (Å²) in [5.41, 5.74) is 3.76. The fourth-order valence-corrected chi connectivity index (χ4v) is 3.59. The van der Waals surface area contributed by atoms with E-state index in [1.807, 2.05) is 45.0 Å². The molecule has 0 bridgehead atoms. The van der Waals surface area contributed by atoms with E-state index < -0.39 is 24.3 Å². The fourth-order valence-electron chi connectivity index (χ4n) is 3.59. The third-order valence-corrected chi connectivity index (χ3v) is 5.48. The first-order valence-electron chi connectivity index (χ1n) is 10.8. The third-order valence-electron chi connectivity index (χ3n) is 5.48. The zero-order valence-electron chi connectivity index (χ0n) is 19.2. The Morgan fingerprint density at radius 1 is 0.853 bits per heavy atom. The Hall–Kier alpha value is -4.19. The molecule has 4 aromatic rings. The molecule has 34 heavy (non-hydrogen) atoms. The lowest BCUT2D eigenvalue weighted by atomic mass is 9.98. The molecule has 0 amide bonds. The van der Waals surface area contributed by atoms with Crippen LogP contribution < -0.4 is 10.4 Å². The van der Waals surface area contributed by atoms with Crippen molar-refractivity contribution in [2.45, 2.75) is 26.9 Å². The molecule has 0 saturated carbocycles. The summed E-state index contributed by atoms with van der Waals surface area (Å²) in [6.07, 6.45) is -1.10. The normalized spacial score (nSPS) is 11.7. The number of rotatable bonds is 7. The highest BCUT2D eigenvalue weighted by Gasteiger charge is 2.26. The largest absolute Gasteiger partial charge is 0.482 e. The van der Waals surface area contributed by atoms with Gasteiger partial charge in [-0.15, -0.1) is 0 Å². The zero-order valence-corrected chi connectivity index (χ0v) is 19.2. The Morgan fingerprint density at radius 2 is 1.50 bits per heavy atom. The minimum Gasteiger partial charge on any atom is -0.482 e. The van der Waals surface area contributed by atoms with Crippen LogP contribution in [0.4, 0.5) is 0 Å². The minimum absolute atomic E-state index is 0.319. The van der Waals surface area contributed by atoms with E-state index in [0.717, 1.165) is 22.1 Å². The van der Waals surface area contributed by atoms with Gasteiger partial charge in [-0.25, -0.2) is 9.59 Å². The summed E-state index contributed by atoms with van der Waals surface area (Å²) in [6, 6.07) is 20.8. The van der Waals surface area contributed by atoms with Crippen LogP contribution in [0.2, 0.25) is 0 Å². The summed E-state index contributed by atoms with van der Waals surface area (Å²) in [6.45, 7) is 5.27. The SMILES string of the molecule is Cc1ccc(C(=O)[C@@H](OC(=O)COc2ccc3c(C)cc(=O)oc3c2)c2ccc(C)cc2)cc1. The molecule has 3 aromatic carbocycles.